The zero-order valence-corrected chi connectivity index (χ0v) is 35.5. The van der Waals surface area contributed by atoms with Gasteiger partial charge in [0.15, 0.2) is 0 Å². The summed E-state index contributed by atoms with van der Waals surface area (Å²) >= 11 is 0. The Kier molecular flexibility index (Phi) is 11.3. The van der Waals surface area contributed by atoms with E-state index in [0.717, 1.165) is 17.8 Å². The van der Waals surface area contributed by atoms with Gasteiger partial charge in [0.05, 0.1) is 0 Å². The minimum atomic E-state index is 0.151. The molecule has 1 heteroatoms. The molecule has 61 heavy (non-hydrogen) atoms. The fourth-order valence-electron chi connectivity index (χ4n) is 8.80. The van der Waals surface area contributed by atoms with Gasteiger partial charge >= 0.3 is 0 Å². The molecule has 0 spiro atoms. The molecule has 296 valence electrons. The molecule has 1 nitrogen and oxygen atoms in total. The molecule has 0 aliphatic heterocycles. The number of nitrogens with zero attached hydrogens (tertiary/aromatic N) is 1. The maximum atomic E-state index is 2.37. The van der Waals surface area contributed by atoms with Crippen LogP contribution in [0.15, 0.2) is 218 Å². The Morgan fingerprint density at radius 1 is 0.344 bits per heavy atom. The largest absolute Gasteiger partial charge is 0.310 e. The molecule has 0 amide bonds. The van der Waals surface area contributed by atoms with Crippen molar-refractivity contribution in [2.75, 3.05) is 4.90 Å². The molecule has 0 N–H and O–H groups in total. The molecule has 0 bridgehead atoms. The highest BCUT2D eigenvalue weighted by Crippen LogP contribution is 2.39. The molecule has 9 aromatic rings. The molecule has 9 rings (SSSR count). The third-order valence-electron chi connectivity index (χ3n) is 12.0. The van der Waals surface area contributed by atoms with Crippen LogP contribution in [0.1, 0.15) is 56.0 Å². The fraction of sp³-hybridized carbons (Fsp3) is 0.100. The molecule has 0 heterocycles. The van der Waals surface area contributed by atoms with E-state index in [1.54, 1.807) is 0 Å². The number of rotatable bonds is 11. The highest BCUT2D eigenvalue weighted by molar-refractivity contribution is 5.81. The predicted octanol–water partition coefficient (Wildman–Crippen LogP) is 16.2. The maximum absolute atomic E-state index is 2.37. The quantitative estimate of drug-likeness (QED) is 0.118. The van der Waals surface area contributed by atoms with Gasteiger partial charge in [-0.05, 0) is 137 Å². The van der Waals surface area contributed by atoms with Gasteiger partial charge in [0, 0.05) is 23.0 Å². The Hall–Kier alpha value is -7.22. The van der Waals surface area contributed by atoms with E-state index in [-0.39, 0.29) is 5.92 Å². The van der Waals surface area contributed by atoms with Crippen LogP contribution in [0.5, 0.6) is 0 Å². The number of hydrogen-bond donors (Lipinski definition) is 0. The van der Waals surface area contributed by atoms with Gasteiger partial charge in [-0.2, -0.15) is 0 Å². The van der Waals surface area contributed by atoms with E-state index in [9.17, 15) is 0 Å². The van der Waals surface area contributed by atoms with Gasteiger partial charge in [-0.1, -0.05) is 199 Å². The molecule has 0 aliphatic rings. The van der Waals surface area contributed by atoms with Crippen molar-refractivity contribution >= 4 is 17.1 Å². The Bertz CT molecular complexity index is 2860. The van der Waals surface area contributed by atoms with Crippen molar-refractivity contribution in [1.82, 2.24) is 0 Å². The van der Waals surface area contributed by atoms with Crippen molar-refractivity contribution in [1.29, 1.82) is 0 Å². The van der Waals surface area contributed by atoms with Crippen LogP contribution in [0.3, 0.4) is 0 Å². The number of anilines is 3. The lowest BCUT2D eigenvalue weighted by atomic mass is 9.82. The second-order valence-electron chi connectivity index (χ2n) is 16.5. The second-order valence-corrected chi connectivity index (χ2v) is 16.5. The Labute approximate surface area is 362 Å². The molecule has 9 aromatic carbocycles. The number of benzene rings is 9. The first-order valence-electron chi connectivity index (χ1n) is 21.4. The monoisotopic (exact) mass is 785 g/mol. The molecule has 1 unspecified atom stereocenters. The standard InChI is InChI=1S/C60H51N/c1-42-15-37-58(44(3)39-42)60(55-27-25-51(26-28-55)48-11-7-5-8-12-48)54-23-19-47(20-24-54)41-46-17-21-50(22-18-46)53-31-35-57(36-32-53)61(59-38-16-43(2)40-45(59)4)56-33-29-52(30-34-56)49-13-9-6-10-14-49/h5-40,60H,41H2,1-4H3. The summed E-state index contributed by atoms with van der Waals surface area (Å²) in [6, 6.07) is 80.2. The van der Waals surface area contributed by atoms with Crippen LogP contribution in [0.25, 0.3) is 33.4 Å². The predicted molar refractivity (Wildman–Crippen MR) is 259 cm³/mol. The maximum Gasteiger partial charge on any atom is 0.0490 e. The van der Waals surface area contributed by atoms with E-state index in [1.807, 2.05) is 0 Å². The summed E-state index contributed by atoms with van der Waals surface area (Å²) in [5.41, 5.74) is 22.5. The van der Waals surface area contributed by atoms with Crippen molar-refractivity contribution in [3.63, 3.8) is 0 Å². The molecule has 0 fully saturated rings. The molecule has 0 aromatic heterocycles. The first-order chi connectivity index (χ1) is 29.9. The zero-order chi connectivity index (χ0) is 41.7. The fourth-order valence-corrected chi connectivity index (χ4v) is 8.80. The van der Waals surface area contributed by atoms with Crippen LogP contribution in [-0.2, 0) is 6.42 Å². The number of aryl methyl sites for hydroxylation is 4. The Morgan fingerprint density at radius 3 is 1.18 bits per heavy atom. The van der Waals surface area contributed by atoms with Crippen molar-refractivity contribution in [2.24, 2.45) is 0 Å². The minimum absolute atomic E-state index is 0.151. The van der Waals surface area contributed by atoms with Gasteiger partial charge in [-0.25, -0.2) is 0 Å². The van der Waals surface area contributed by atoms with Crippen LogP contribution < -0.4 is 4.90 Å². The van der Waals surface area contributed by atoms with Crippen LogP contribution in [0.2, 0.25) is 0 Å². The van der Waals surface area contributed by atoms with Gasteiger partial charge in [-0.15, -0.1) is 0 Å². The highest BCUT2D eigenvalue weighted by Gasteiger charge is 2.20. The average Bonchev–Trinajstić information content (AvgIpc) is 3.30. The lowest BCUT2D eigenvalue weighted by Gasteiger charge is -2.27. The normalized spacial score (nSPS) is 11.6. The molecule has 0 saturated carbocycles. The van der Waals surface area contributed by atoms with E-state index >= 15 is 0 Å². The lowest BCUT2D eigenvalue weighted by Crippen LogP contribution is -2.11. The SMILES string of the molecule is Cc1ccc(C(c2ccc(Cc3ccc(-c4ccc(N(c5ccc(-c6ccccc6)cc5)c5ccc(C)cc5C)cc4)cc3)cc2)c2ccc(-c3ccccc3)cc2)c(C)c1. The molecule has 0 radical (unpaired) electrons. The van der Waals surface area contributed by atoms with E-state index in [2.05, 4.69) is 251 Å². The van der Waals surface area contributed by atoms with Gasteiger partial charge < -0.3 is 4.90 Å². The molecule has 0 aliphatic carbocycles. The topological polar surface area (TPSA) is 3.24 Å². The van der Waals surface area contributed by atoms with Gasteiger partial charge in [0.25, 0.3) is 0 Å². The van der Waals surface area contributed by atoms with Crippen LogP contribution in [0, 0.1) is 27.7 Å². The minimum Gasteiger partial charge on any atom is -0.310 e. The third-order valence-corrected chi connectivity index (χ3v) is 12.0. The number of hydrogen-bond acceptors (Lipinski definition) is 1. The summed E-state index contributed by atoms with van der Waals surface area (Å²) in [6.45, 7) is 8.77. The highest BCUT2D eigenvalue weighted by atomic mass is 15.1. The lowest BCUT2D eigenvalue weighted by molar-refractivity contribution is 0.958. The summed E-state index contributed by atoms with van der Waals surface area (Å²) in [4.78, 5) is 2.37. The third kappa shape index (κ3) is 8.74. The summed E-state index contributed by atoms with van der Waals surface area (Å²) < 4.78 is 0. The molecule has 1 atom stereocenters. The molecular weight excluding hydrogens is 735 g/mol. The van der Waals surface area contributed by atoms with Gasteiger partial charge in [-0.3, -0.25) is 0 Å². The van der Waals surface area contributed by atoms with Gasteiger partial charge in [0.1, 0.15) is 0 Å². The van der Waals surface area contributed by atoms with E-state index in [0.29, 0.717) is 0 Å². The Morgan fingerprint density at radius 2 is 0.721 bits per heavy atom. The summed E-state index contributed by atoms with van der Waals surface area (Å²) in [6.07, 6.45) is 0.882. The van der Waals surface area contributed by atoms with Crippen molar-refractivity contribution < 1.29 is 0 Å². The Balaban J connectivity index is 0.932. The van der Waals surface area contributed by atoms with E-state index in [1.165, 1.54) is 89.1 Å². The van der Waals surface area contributed by atoms with Crippen LogP contribution >= 0.6 is 0 Å². The molecular formula is C60H51N. The van der Waals surface area contributed by atoms with Crippen molar-refractivity contribution in [3.8, 4) is 33.4 Å². The van der Waals surface area contributed by atoms with E-state index in [4.69, 9.17) is 0 Å². The average molecular weight is 786 g/mol. The second kappa shape index (κ2) is 17.6. The zero-order valence-electron chi connectivity index (χ0n) is 35.5. The van der Waals surface area contributed by atoms with E-state index < -0.39 is 0 Å². The summed E-state index contributed by atoms with van der Waals surface area (Å²) in [7, 11) is 0. The first-order valence-corrected chi connectivity index (χ1v) is 21.4. The van der Waals surface area contributed by atoms with Crippen LogP contribution in [-0.4, -0.2) is 0 Å². The smallest absolute Gasteiger partial charge is 0.0490 e. The van der Waals surface area contributed by atoms with Crippen LogP contribution in [0.4, 0.5) is 17.1 Å². The summed E-state index contributed by atoms with van der Waals surface area (Å²) in [5.74, 6) is 0.151. The first kappa shape index (κ1) is 39.3. The van der Waals surface area contributed by atoms with Gasteiger partial charge in [0.2, 0.25) is 0 Å². The van der Waals surface area contributed by atoms with Crippen molar-refractivity contribution in [2.45, 2.75) is 40.0 Å². The summed E-state index contributed by atoms with van der Waals surface area (Å²) in [5, 5.41) is 0. The molecule has 0 saturated heterocycles. The van der Waals surface area contributed by atoms with Crippen molar-refractivity contribution in [3.05, 3.63) is 268 Å².